The molecule has 0 atom stereocenters. The molecule has 4 nitrogen and oxygen atoms in total. The Kier molecular flexibility index (Phi) is 11.2. The lowest BCUT2D eigenvalue weighted by Crippen LogP contribution is -2.22. The van der Waals surface area contributed by atoms with E-state index in [1.165, 1.54) is 0 Å². The lowest BCUT2D eigenvalue weighted by atomic mass is 9.94. The molecule has 0 aromatic rings. The van der Waals surface area contributed by atoms with Crippen molar-refractivity contribution in [2.24, 2.45) is 5.41 Å². The van der Waals surface area contributed by atoms with Crippen LogP contribution in [0.15, 0.2) is 43.9 Å². The Morgan fingerprint density at radius 1 is 1.32 bits per heavy atom. The quantitative estimate of drug-likeness (QED) is 0.321. The zero-order valence-corrected chi connectivity index (χ0v) is 11.9. The van der Waals surface area contributed by atoms with Crippen LogP contribution >= 0.6 is 0 Å². The summed E-state index contributed by atoms with van der Waals surface area (Å²) < 4.78 is 9.17. The summed E-state index contributed by atoms with van der Waals surface area (Å²) in [5.74, 6) is -0.534. The second-order valence-electron chi connectivity index (χ2n) is 3.97. The van der Waals surface area contributed by atoms with Crippen LogP contribution in [0.3, 0.4) is 0 Å². The first-order chi connectivity index (χ1) is 8.85. The van der Waals surface area contributed by atoms with Gasteiger partial charge in [0.1, 0.15) is 6.61 Å². The third-order valence-corrected chi connectivity index (χ3v) is 1.83. The molecule has 0 amide bonds. The van der Waals surface area contributed by atoms with Crippen LogP contribution in [0.25, 0.3) is 0 Å². The highest BCUT2D eigenvalue weighted by atomic mass is 16.5. The molecule has 0 aliphatic heterocycles. The number of rotatable bonds is 6. The van der Waals surface area contributed by atoms with Gasteiger partial charge in [0, 0.05) is 6.42 Å². The van der Waals surface area contributed by atoms with Gasteiger partial charge >= 0.3 is 11.9 Å². The van der Waals surface area contributed by atoms with E-state index in [1.807, 2.05) is 0 Å². The van der Waals surface area contributed by atoms with Gasteiger partial charge in [-0.3, -0.25) is 9.59 Å². The van der Waals surface area contributed by atoms with Crippen LogP contribution in [0, 0.1) is 5.41 Å². The van der Waals surface area contributed by atoms with Crippen LogP contribution < -0.4 is 0 Å². The van der Waals surface area contributed by atoms with Gasteiger partial charge in [-0.05, 0) is 19.9 Å². The Bertz CT molecular complexity index is 360. The zero-order valence-electron chi connectivity index (χ0n) is 11.9. The van der Waals surface area contributed by atoms with E-state index in [2.05, 4.69) is 34.9 Å². The van der Waals surface area contributed by atoms with Crippen LogP contribution in [0.4, 0.5) is 0 Å². The highest BCUT2D eigenvalue weighted by Gasteiger charge is 2.25. The number of hydrogen-bond donors (Lipinski definition) is 0. The molecule has 0 unspecified atom stereocenters. The molecule has 0 fully saturated rings. The maximum Gasteiger partial charge on any atom is 0.320 e. The molecular formula is C15H22O4. The van der Waals surface area contributed by atoms with Gasteiger partial charge in [-0.1, -0.05) is 32.7 Å². The molecule has 4 heteroatoms. The van der Waals surface area contributed by atoms with E-state index in [1.54, 1.807) is 32.9 Å². The smallest absolute Gasteiger partial charge is 0.320 e. The molecule has 0 rings (SSSR count). The van der Waals surface area contributed by atoms with E-state index in [4.69, 9.17) is 0 Å². The molecule has 0 heterocycles. The maximum atomic E-state index is 11.1. The van der Waals surface area contributed by atoms with Crippen LogP contribution in [-0.2, 0) is 19.1 Å². The van der Waals surface area contributed by atoms with E-state index < -0.39 is 5.41 Å². The lowest BCUT2D eigenvalue weighted by molar-refractivity contribution is -0.145. The first-order valence-electron chi connectivity index (χ1n) is 5.81. The lowest BCUT2D eigenvalue weighted by Gasteiger charge is -2.14. The van der Waals surface area contributed by atoms with Crippen molar-refractivity contribution in [1.29, 1.82) is 0 Å². The summed E-state index contributed by atoms with van der Waals surface area (Å²) in [5.41, 5.74) is 1.87. The number of hydrogen-bond acceptors (Lipinski definition) is 4. The number of carbonyl (C=O) groups excluding carboxylic acids is 2. The third kappa shape index (κ3) is 10.8. The van der Waals surface area contributed by atoms with E-state index in [0.29, 0.717) is 13.0 Å². The zero-order chi connectivity index (χ0) is 15.3. The summed E-state index contributed by atoms with van der Waals surface area (Å²) in [5, 5.41) is 0. The van der Waals surface area contributed by atoms with Crippen molar-refractivity contribution in [2.75, 3.05) is 6.61 Å². The Morgan fingerprint density at radius 2 is 1.89 bits per heavy atom. The second-order valence-corrected chi connectivity index (χ2v) is 3.97. The molecule has 0 aliphatic carbocycles. The van der Waals surface area contributed by atoms with Gasteiger partial charge in [-0.2, -0.15) is 0 Å². The number of esters is 2. The van der Waals surface area contributed by atoms with Crippen LogP contribution in [-0.4, -0.2) is 18.5 Å². The largest absolute Gasteiger partial charge is 0.461 e. The predicted octanol–water partition coefficient (Wildman–Crippen LogP) is 3.17. The summed E-state index contributed by atoms with van der Waals surface area (Å²) in [4.78, 5) is 21.4. The maximum absolute atomic E-state index is 11.1. The number of ether oxygens (including phenoxy) is 2. The van der Waals surface area contributed by atoms with Crippen molar-refractivity contribution in [3.05, 3.63) is 43.9 Å². The van der Waals surface area contributed by atoms with Crippen molar-refractivity contribution in [3.63, 3.8) is 0 Å². The van der Waals surface area contributed by atoms with Crippen LogP contribution in [0.2, 0.25) is 0 Å². The average molecular weight is 266 g/mol. The van der Waals surface area contributed by atoms with Gasteiger partial charge in [0.15, 0.2) is 0 Å². The second kappa shape index (κ2) is 11.1. The topological polar surface area (TPSA) is 52.6 Å². The van der Waals surface area contributed by atoms with Gasteiger partial charge in [0.05, 0.1) is 11.7 Å². The van der Waals surface area contributed by atoms with Crippen LogP contribution in [0.1, 0.15) is 27.2 Å². The molecular weight excluding hydrogens is 244 g/mol. The normalized spacial score (nSPS) is 9.00. The summed E-state index contributed by atoms with van der Waals surface area (Å²) in [7, 11) is 0. The Balaban J connectivity index is 0. The minimum Gasteiger partial charge on any atom is -0.461 e. The average Bonchev–Trinajstić information content (AvgIpc) is 2.36. The summed E-state index contributed by atoms with van der Waals surface area (Å²) in [6.07, 6.45) is 4.65. The van der Waals surface area contributed by atoms with E-state index in [-0.39, 0.29) is 11.9 Å². The molecule has 0 saturated carbocycles. The molecule has 0 radical (unpaired) electrons. The van der Waals surface area contributed by atoms with Crippen LogP contribution in [0.5, 0.6) is 0 Å². The van der Waals surface area contributed by atoms with E-state index >= 15 is 0 Å². The molecule has 0 saturated heterocycles. The van der Waals surface area contributed by atoms with Gasteiger partial charge in [0.25, 0.3) is 0 Å². The fraction of sp³-hybridized carbons (Fsp3) is 0.400. The fourth-order valence-corrected chi connectivity index (χ4v) is 0.796. The highest BCUT2D eigenvalue weighted by molar-refractivity contribution is 5.78. The minimum absolute atomic E-state index is 0.176. The molecule has 0 aromatic carbocycles. The van der Waals surface area contributed by atoms with E-state index in [0.717, 1.165) is 6.26 Å². The fourth-order valence-electron chi connectivity index (χ4n) is 0.796. The molecule has 0 N–H and O–H groups in total. The van der Waals surface area contributed by atoms with Gasteiger partial charge < -0.3 is 9.47 Å². The Labute approximate surface area is 115 Å². The molecule has 19 heavy (non-hydrogen) atoms. The Morgan fingerprint density at radius 3 is 2.26 bits per heavy atom. The molecule has 0 bridgehead atoms. The summed E-state index contributed by atoms with van der Waals surface area (Å²) in [6, 6.07) is 0. The summed E-state index contributed by atoms with van der Waals surface area (Å²) >= 11 is 0. The van der Waals surface area contributed by atoms with E-state index in [9.17, 15) is 9.59 Å². The van der Waals surface area contributed by atoms with Gasteiger partial charge in [0.2, 0.25) is 0 Å². The molecule has 106 valence electrons. The summed E-state index contributed by atoms with van der Waals surface area (Å²) in [6.45, 7) is 15.6. The van der Waals surface area contributed by atoms with Gasteiger partial charge in [-0.15, -0.1) is 5.73 Å². The first kappa shape index (κ1) is 19.3. The van der Waals surface area contributed by atoms with Crippen molar-refractivity contribution in [1.82, 2.24) is 0 Å². The standard InChI is InChI=1S/C9H12O2.C6H10O2/c1-5-7-9(3,4)8(10)11-6-2;1-3-5-8-6(7)4-2/h6-7H,1-2H2,3-4H3;3H,1,4-5H2,2H3. The van der Waals surface area contributed by atoms with Crippen molar-refractivity contribution >= 4 is 11.9 Å². The monoisotopic (exact) mass is 266 g/mol. The van der Waals surface area contributed by atoms with Crippen molar-refractivity contribution in [2.45, 2.75) is 27.2 Å². The number of carbonyl (C=O) groups is 2. The first-order valence-corrected chi connectivity index (χ1v) is 5.81. The van der Waals surface area contributed by atoms with Crippen molar-refractivity contribution in [3.8, 4) is 0 Å². The van der Waals surface area contributed by atoms with Crippen molar-refractivity contribution < 1.29 is 19.1 Å². The highest BCUT2D eigenvalue weighted by Crippen LogP contribution is 2.18. The Hall–Kier alpha value is -2.06. The third-order valence-electron chi connectivity index (χ3n) is 1.83. The SMILES string of the molecule is C=C=CC(C)(C)C(=O)OC=C.C=CCOC(=O)CC. The predicted molar refractivity (Wildman–Crippen MR) is 75.2 cm³/mol. The molecule has 0 aliphatic rings. The molecule has 0 aromatic heterocycles. The van der Waals surface area contributed by atoms with Gasteiger partial charge in [-0.25, -0.2) is 0 Å². The minimum atomic E-state index is -0.671. The molecule has 0 spiro atoms.